The molecule has 160 valence electrons. The van der Waals surface area contributed by atoms with Crippen LogP contribution in [-0.4, -0.2) is 54.4 Å². The van der Waals surface area contributed by atoms with Crippen molar-refractivity contribution < 1.29 is 14.6 Å². The average molecular weight is 440 g/mol. The third-order valence-corrected chi connectivity index (χ3v) is 5.21. The van der Waals surface area contributed by atoms with Crippen LogP contribution in [0, 0.1) is 0 Å². The van der Waals surface area contributed by atoms with E-state index in [4.69, 9.17) is 16.3 Å². The second-order valence-corrected chi connectivity index (χ2v) is 7.51. The van der Waals surface area contributed by atoms with Gasteiger partial charge in [-0.1, -0.05) is 17.7 Å². The van der Waals surface area contributed by atoms with Crippen LogP contribution in [0.5, 0.6) is 0 Å². The third-order valence-electron chi connectivity index (χ3n) is 4.98. The van der Waals surface area contributed by atoms with Gasteiger partial charge in [-0.15, -0.1) is 0 Å². The summed E-state index contributed by atoms with van der Waals surface area (Å²) in [6.07, 6.45) is 1.65. The number of hydrogen-bond acceptors (Lipinski definition) is 7. The lowest BCUT2D eigenvalue weighted by atomic mass is 10.1. The van der Waals surface area contributed by atoms with Crippen molar-refractivity contribution in [3.8, 4) is 0 Å². The van der Waals surface area contributed by atoms with Crippen LogP contribution in [0.4, 0.5) is 28.8 Å². The first-order chi connectivity index (χ1) is 15.0. The lowest BCUT2D eigenvalue weighted by molar-refractivity contribution is 0.0697. The molecule has 0 spiro atoms. The number of aromatic nitrogens is 2. The Kier molecular flexibility index (Phi) is 6.20. The van der Waals surface area contributed by atoms with E-state index in [9.17, 15) is 9.90 Å². The summed E-state index contributed by atoms with van der Waals surface area (Å²) in [5, 5.41) is 13.3. The number of rotatable bonds is 6. The molecule has 0 aliphatic carbocycles. The summed E-state index contributed by atoms with van der Waals surface area (Å²) >= 11 is 6.10. The molecule has 0 radical (unpaired) electrons. The van der Waals surface area contributed by atoms with E-state index in [1.807, 2.05) is 42.3 Å². The van der Waals surface area contributed by atoms with Crippen molar-refractivity contribution in [2.45, 2.75) is 0 Å². The number of nitrogens with zero attached hydrogens (tertiary/aromatic N) is 4. The molecule has 0 unspecified atom stereocenters. The smallest absolute Gasteiger partial charge is 0.335 e. The van der Waals surface area contributed by atoms with Crippen LogP contribution >= 0.6 is 11.6 Å². The first-order valence-electron chi connectivity index (χ1n) is 9.80. The molecule has 0 amide bonds. The monoisotopic (exact) mass is 439 g/mol. The number of nitrogens with one attached hydrogen (secondary N) is 1. The van der Waals surface area contributed by atoms with Gasteiger partial charge in [-0.25, -0.2) is 9.78 Å². The molecule has 1 aromatic heterocycles. The van der Waals surface area contributed by atoms with Crippen molar-refractivity contribution in [2.24, 2.45) is 0 Å². The molecule has 4 rings (SSSR count). The SMILES string of the molecule is CN(c1cccc(Cl)c1)c1ccnc(Nc2cc(C(=O)O)cc(N3CCOCC3)c2)n1. The standard InChI is InChI=1S/C22H22ClN5O3/c1-27(18-4-2-3-16(23)13-18)20-5-6-24-22(26-20)25-17-11-15(21(29)30)12-19(14-17)28-7-9-31-10-8-28/h2-6,11-14H,7-10H2,1H3,(H,29,30)(H,24,25,26). The molecule has 2 heterocycles. The Morgan fingerprint density at radius 3 is 2.74 bits per heavy atom. The van der Waals surface area contributed by atoms with Crippen LogP contribution in [-0.2, 0) is 4.74 Å². The zero-order chi connectivity index (χ0) is 21.8. The molecule has 2 aromatic carbocycles. The molecule has 1 fully saturated rings. The van der Waals surface area contributed by atoms with Gasteiger partial charge in [0.2, 0.25) is 5.95 Å². The first-order valence-corrected chi connectivity index (χ1v) is 10.2. The fraction of sp³-hybridized carbons (Fsp3) is 0.227. The molecule has 9 heteroatoms. The Hall–Kier alpha value is -3.36. The maximum atomic E-state index is 11.6. The maximum Gasteiger partial charge on any atom is 0.335 e. The van der Waals surface area contributed by atoms with E-state index in [1.54, 1.807) is 24.4 Å². The fourth-order valence-corrected chi connectivity index (χ4v) is 3.54. The third kappa shape index (κ3) is 5.04. The van der Waals surface area contributed by atoms with Gasteiger partial charge in [-0.3, -0.25) is 0 Å². The number of carbonyl (C=O) groups is 1. The number of morpholine rings is 1. The number of ether oxygens (including phenoxy) is 1. The van der Waals surface area contributed by atoms with Crippen LogP contribution in [0.1, 0.15) is 10.4 Å². The zero-order valence-corrected chi connectivity index (χ0v) is 17.7. The minimum atomic E-state index is -0.992. The van der Waals surface area contributed by atoms with Crippen LogP contribution in [0.25, 0.3) is 0 Å². The minimum absolute atomic E-state index is 0.193. The highest BCUT2D eigenvalue weighted by Crippen LogP contribution is 2.27. The van der Waals surface area contributed by atoms with Gasteiger partial charge in [0.25, 0.3) is 0 Å². The fourth-order valence-electron chi connectivity index (χ4n) is 3.35. The Balaban J connectivity index is 1.60. The number of aromatic carboxylic acids is 1. The molecule has 1 saturated heterocycles. The normalized spacial score (nSPS) is 13.7. The molecule has 31 heavy (non-hydrogen) atoms. The van der Waals surface area contributed by atoms with Gasteiger partial charge >= 0.3 is 5.97 Å². The van der Waals surface area contributed by atoms with Gasteiger partial charge in [0, 0.05) is 48.4 Å². The van der Waals surface area contributed by atoms with Crippen molar-refractivity contribution in [1.29, 1.82) is 0 Å². The number of halogens is 1. The molecular weight excluding hydrogens is 418 g/mol. The van der Waals surface area contributed by atoms with Gasteiger partial charge in [0.05, 0.1) is 18.8 Å². The van der Waals surface area contributed by atoms with Crippen LogP contribution in [0.2, 0.25) is 5.02 Å². The molecule has 0 atom stereocenters. The van der Waals surface area contributed by atoms with Crippen molar-refractivity contribution in [1.82, 2.24) is 9.97 Å². The quantitative estimate of drug-likeness (QED) is 0.591. The van der Waals surface area contributed by atoms with Crippen LogP contribution in [0.15, 0.2) is 54.7 Å². The molecule has 1 aliphatic heterocycles. The van der Waals surface area contributed by atoms with E-state index in [-0.39, 0.29) is 5.56 Å². The highest BCUT2D eigenvalue weighted by molar-refractivity contribution is 6.30. The largest absolute Gasteiger partial charge is 0.478 e. The molecule has 0 saturated carbocycles. The van der Waals surface area contributed by atoms with E-state index in [0.717, 1.165) is 11.4 Å². The number of benzene rings is 2. The van der Waals surface area contributed by atoms with E-state index >= 15 is 0 Å². The lowest BCUT2D eigenvalue weighted by Gasteiger charge is -2.29. The number of carboxylic acids is 1. The molecule has 2 N–H and O–H groups in total. The predicted octanol–water partition coefficient (Wildman–Crippen LogP) is 4.18. The van der Waals surface area contributed by atoms with Gasteiger partial charge in [-0.2, -0.15) is 4.98 Å². The van der Waals surface area contributed by atoms with E-state index in [1.165, 1.54) is 0 Å². The van der Waals surface area contributed by atoms with Crippen LogP contribution in [0.3, 0.4) is 0 Å². The minimum Gasteiger partial charge on any atom is -0.478 e. The van der Waals surface area contributed by atoms with E-state index < -0.39 is 5.97 Å². The van der Waals surface area contributed by atoms with Gasteiger partial charge in [0.1, 0.15) is 5.82 Å². The topological polar surface area (TPSA) is 90.8 Å². The Morgan fingerprint density at radius 1 is 1.19 bits per heavy atom. The van der Waals surface area contributed by atoms with Crippen molar-refractivity contribution >= 4 is 46.4 Å². The number of hydrogen-bond donors (Lipinski definition) is 2. The zero-order valence-electron chi connectivity index (χ0n) is 17.0. The van der Waals surface area contributed by atoms with Gasteiger partial charge in [-0.05, 0) is 42.5 Å². The van der Waals surface area contributed by atoms with Crippen molar-refractivity contribution in [3.05, 3.63) is 65.3 Å². The first kappa shape index (κ1) is 20.9. The molecule has 0 bridgehead atoms. The number of carboxylic acid groups (broad SMARTS) is 1. The summed E-state index contributed by atoms with van der Waals surface area (Å²) < 4.78 is 5.40. The molecule has 3 aromatic rings. The summed E-state index contributed by atoms with van der Waals surface area (Å²) in [7, 11) is 1.89. The molecule has 8 nitrogen and oxygen atoms in total. The summed E-state index contributed by atoms with van der Waals surface area (Å²) in [6.45, 7) is 2.64. The molecule has 1 aliphatic rings. The highest BCUT2D eigenvalue weighted by atomic mass is 35.5. The van der Waals surface area contributed by atoms with Crippen LogP contribution < -0.4 is 15.1 Å². The Bertz CT molecular complexity index is 1090. The summed E-state index contributed by atoms with van der Waals surface area (Å²) in [5.74, 6) is 0.0397. The van der Waals surface area contributed by atoms with Crippen molar-refractivity contribution in [2.75, 3.05) is 48.5 Å². The van der Waals surface area contributed by atoms with Gasteiger partial charge in [0.15, 0.2) is 0 Å². The average Bonchev–Trinajstić information content (AvgIpc) is 2.79. The summed E-state index contributed by atoms with van der Waals surface area (Å²) in [4.78, 5) is 24.5. The van der Waals surface area contributed by atoms with Gasteiger partial charge < -0.3 is 25.0 Å². The Labute approximate surface area is 185 Å². The van der Waals surface area contributed by atoms with Crippen molar-refractivity contribution in [3.63, 3.8) is 0 Å². The predicted molar refractivity (Wildman–Crippen MR) is 121 cm³/mol. The summed E-state index contributed by atoms with van der Waals surface area (Å²) in [5.41, 5.74) is 2.50. The maximum absolute atomic E-state index is 11.6. The lowest BCUT2D eigenvalue weighted by Crippen LogP contribution is -2.36. The Morgan fingerprint density at radius 2 is 2.00 bits per heavy atom. The highest BCUT2D eigenvalue weighted by Gasteiger charge is 2.16. The second kappa shape index (κ2) is 9.20. The summed E-state index contributed by atoms with van der Waals surface area (Å²) in [6, 6.07) is 14.4. The molecular formula is C22H22ClN5O3. The second-order valence-electron chi connectivity index (χ2n) is 7.08. The van der Waals surface area contributed by atoms with E-state index in [0.29, 0.717) is 48.8 Å². The number of anilines is 5. The van der Waals surface area contributed by atoms with E-state index in [2.05, 4.69) is 20.2 Å².